The first-order valence-corrected chi connectivity index (χ1v) is 7.02. The molecule has 0 unspecified atom stereocenters. The van der Waals surface area contributed by atoms with Gasteiger partial charge in [-0.1, -0.05) is 0 Å². The minimum atomic E-state index is -0.590. The first-order valence-electron chi connectivity index (χ1n) is 5.53. The molecule has 2 N–H and O–H groups in total. The summed E-state index contributed by atoms with van der Waals surface area (Å²) in [5.74, 6) is 2.51. The maximum atomic E-state index is 11.2. The Morgan fingerprint density at radius 1 is 1.44 bits per heavy atom. The lowest BCUT2D eigenvalue weighted by atomic mass is 10.1. The molecule has 1 aromatic heterocycles. The molecular weight excluding hydrogens is 222 g/mol. The molecule has 0 saturated carbocycles. The van der Waals surface area contributed by atoms with Crippen LogP contribution in [-0.4, -0.2) is 33.8 Å². The average molecular weight is 239 g/mol. The van der Waals surface area contributed by atoms with E-state index >= 15 is 0 Å². The average Bonchev–Trinajstić information content (AvgIpc) is 2.32. The van der Waals surface area contributed by atoms with Crippen molar-refractivity contribution in [2.45, 2.75) is 18.9 Å². The van der Waals surface area contributed by atoms with E-state index in [1.54, 1.807) is 6.20 Å². The molecule has 1 fully saturated rings. The zero-order chi connectivity index (χ0) is 11.4. The van der Waals surface area contributed by atoms with Gasteiger partial charge in [-0.2, -0.15) is 0 Å². The van der Waals surface area contributed by atoms with Gasteiger partial charge in [-0.3, -0.25) is 4.21 Å². The summed E-state index contributed by atoms with van der Waals surface area (Å²) in [5, 5.41) is 6.47. The van der Waals surface area contributed by atoms with Crippen LogP contribution in [0, 0.1) is 0 Å². The molecule has 16 heavy (non-hydrogen) atoms. The van der Waals surface area contributed by atoms with Crippen molar-refractivity contribution in [3.63, 3.8) is 0 Å². The Morgan fingerprint density at radius 3 is 2.88 bits per heavy atom. The molecule has 1 aliphatic rings. The van der Waals surface area contributed by atoms with Gasteiger partial charge in [0.2, 0.25) is 0 Å². The van der Waals surface area contributed by atoms with Gasteiger partial charge in [-0.05, 0) is 18.9 Å². The number of hydrogen-bond donors (Lipinski definition) is 2. The Hall–Kier alpha value is -1.10. The van der Waals surface area contributed by atoms with Crippen LogP contribution in [0.15, 0.2) is 18.3 Å². The Labute approximate surface area is 98.3 Å². The summed E-state index contributed by atoms with van der Waals surface area (Å²) >= 11 is 0. The van der Waals surface area contributed by atoms with Gasteiger partial charge in [0.05, 0.1) is 0 Å². The van der Waals surface area contributed by atoms with Gasteiger partial charge in [0.15, 0.2) is 0 Å². The molecular formula is C11H17N3OS. The van der Waals surface area contributed by atoms with Crippen LogP contribution in [0.2, 0.25) is 0 Å². The fourth-order valence-corrected chi connectivity index (χ4v) is 3.13. The predicted octanol–water partition coefficient (Wildman–Crippen LogP) is 1.45. The van der Waals surface area contributed by atoms with Crippen molar-refractivity contribution in [3.8, 4) is 0 Å². The number of pyridine rings is 1. The molecule has 0 radical (unpaired) electrons. The number of hydrogen-bond acceptors (Lipinski definition) is 4. The van der Waals surface area contributed by atoms with Gasteiger partial charge < -0.3 is 10.6 Å². The van der Waals surface area contributed by atoms with Crippen LogP contribution in [0.3, 0.4) is 0 Å². The van der Waals surface area contributed by atoms with Crippen molar-refractivity contribution in [3.05, 3.63) is 18.3 Å². The summed E-state index contributed by atoms with van der Waals surface area (Å²) in [6, 6.07) is 4.41. The summed E-state index contributed by atoms with van der Waals surface area (Å²) in [6.45, 7) is 0. The summed E-state index contributed by atoms with van der Waals surface area (Å²) in [7, 11) is 1.27. The maximum absolute atomic E-state index is 11.2. The molecule has 0 aliphatic carbocycles. The smallest absolute Gasteiger partial charge is 0.127 e. The largest absolute Gasteiger partial charge is 0.382 e. The Kier molecular flexibility index (Phi) is 3.77. The van der Waals surface area contributed by atoms with Gasteiger partial charge in [0.25, 0.3) is 0 Å². The zero-order valence-electron chi connectivity index (χ0n) is 9.40. The van der Waals surface area contributed by atoms with Gasteiger partial charge in [-0.15, -0.1) is 0 Å². The molecule has 0 atom stereocenters. The first kappa shape index (κ1) is 11.4. The highest BCUT2D eigenvalue weighted by molar-refractivity contribution is 7.85. The van der Waals surface area contributed by atoms with Gasteiger partial charge in [-0.25, -0.2) is 4.98 Å². The molecule has 0 spiro atoms. The molecule has 0 amide bonds. The van der Waals surface area contributed by atoms with E-state index in [0.29, 0.717) is 6.04 Å². The van der Waals surface area contributed by atoms with Crippen LogP contribution < -0.4 is 10.6 Å². The Bertz CT molecular complexity index is 373. The monoisotopic (exact) mass is 239 g/mol. The lowest BCUT2D eigenvalue weighted by Crippen LogP contribution is -2.29. The van der Waals surface area contributed by atoms with Gasteiger partial charge in [0, 0.05) is 53.3 Å². The third kappa shape index (κ3) is 2.95. The number of nitrogens with one attached hydrogen (secondary N) is 2. The van der Waals surface area contributed by atoms with Crippen LogP contribution >= 0.6 is 0 Å². The topological polar surface area (TPSA) is 54.0 Å². The zero-order valence-corrected chi connectivity index (χ0v) is 10.2. The highest BCUT2D eigenvalue weighted by Crippen LogP contribution is 2.17. The summed E-state index contributed by atoms with van der Waals surface area (Å²) < 4.78 is 11.2. The summed E-state index contributed by atoms with van der Waals surface area (Å²) in [5.41, 5.74) is 1.08. The second kappa shape index (κ2) is 5.30. The molecule has 88 valence electrons. The minimum absolute atomic E-state index is 0.449. The van der Waals surface area contributed by atoms with Crippen molar-refractivity contribution in [1.29, 1.82) is 0 Å². The Morgan fingerprint density at radius 2 is 2.19 bits per heavy atom. The van der Waals surface area contributed by atoms with E-state index in [1.165, 1.54) is 0 Å². The van der Waals surface area contributed by atoms with Crippen molar-refractivity contribution >= 4 is 22.3 Å². The summed E-state index contributed by atoms with van der Waals surface area (Å²) in [6.07, 6.45) is 3.77. The molecule has 2 rings (SSSR count). The van der Waals surface area contributed by atoms with E-state index in [1.807, 2.05) is 19.2 Å². The molecule has 4 nitrogen and oxygen atoms in total. The molecule has 1 saturated heterocycles. The van der Waals surface area contributed by atoms with Crippen molar-refractivity contribution in [1.82, 2.24) is 4.98 Å². The fourth-order valence-electron chi connectivity index (χ4n) is 1.83. The van der Waals surface area contributed by atoms with Crippen LogP contribution in [0.5, 0.6) is 0 Å². The van der Waals surface area contributed by atoms with Crippen molar-refractivity contribution in [2.75, 3.05) is 29.2 Å². The molecule has 0 aromatic carbocycles. The second-order valence-corrected chi connectivity index (χ2v) is 5.64. The SMILES string of the molecule is CNc1cc(NC2CCS(=O)CC2)ccn1. The first-order chi connectivity index (χ1) is 7.78. The minimum Gasteiger partial charge on any atom is -0.382 e. The van der Waals surface area contributed by atoms with E-state index in [0.717, 1.165) is 35.9 Å². The standard InChI is InChI=1S/C11H17N3OS/c1-12-11-8-10(2-5-13-11)14-9-3-6-16(15)7-4-9/h2,5,8-9H,3-4,6-7H2,1H3,(H2,12,13,14). The van der Waals surface area contributed by atoms with E-state index in [4.69, 9.17) is 0 Å². The van der Waals surface area contributed by atoms with Crippen molar-refractivity contribution in [2.24, 2.45) is 0 Å². The van der Waals surface area contributed by atoms with Gasteiger partial charge >= 0.3 is 0 Å². The molecule has 0 bridgehead atoms. The number of rotatable bonds is 3. The molecule has 1 aromatic rings. The van der Waals surface area contributed by atoms with E-state index < -0.39 is 10.8 Å². The van der Waals surface area contributed by atoms with Crippen LogP contribution in [0.25, 0.3) is 0 Å². The highest BCUT2D eigenvalue weighted by atomic mass is 32.2. The normalized spacial score (nSPS) is 25.1. The Balaban J connectivity index is 1.95. The summed E-state index contributed by atoms with van der Waals surface area (Å²) in [4.78, 5) is 4.16. The highest BCUT2D eigenvalue weighted by Gasteiger charge is 2.17. The van der Waals surface area contributed by atoms with E-state index in [2.05, 4.69) is 15.6 Å². The lowest BCUT2D eigenvalue weighted by Gasteiger charge is -2.23. The number of aromatic nitrogens is 1. The molecule has 2 heterocycles. The van der Waals surface area contributed by atoms with E-state index in [9.17, 15) is 4.21 Å². The number of anilines is 2. The van der Waals surface area contributed by atoms with E-state index in [-0.39, 0.29) is 0 Å². The van der Waals surface area contributed by atoms with Gasteiger partial charge in [0.1, 0.15) is 5.82 Å². The maximum Gasteiger partial charge on any atom is 0.127 e. The quantitative estimate of drug-likeness (QED) is 0.838. The van der Waals surface area contributed by atoms with Crippen LogP contribution in [-0.2, 0) is 10.8 Å². The number of nitrogens with zero attached hydrogens (tertiary/aromatic N) is 1. The molecule has 1 aliphatic heterocycles. The molecule has 5 heteroatoms. The van der Waals surface area contributed by atoms with Crippen LogP contribution in [0.4, 0.5) is 11.5 Å². The third-order valence-corrected chi connectivity index (χ3v) is 4.16. The second-order valence-electron chi connectivity index (χ2n) is 3.95. The predicted molar refractivity (Wildman–Crippen MR) is 68.3 cm³/mol. The third-order valence-electron chi connectivity index (χ3n) is 2.77. The van der Waals surface area contributed by atoms with Crippen LogP contribution in [0.1, 0.15) is 12.8 Å². The fraction of sp³-hybridized carbons (Fsp3) is 0.545. The van der Waals surface area contributed by atoms with Crippen molar-refractivity contribution < 1.29 is 4.21 Å². The lowest BCUT2D eigenvalue weighted by molar-refractivity contribution is 0.624.